The van der Waals surface area contributed by atoms with Crippen LogP contribution in [0.4, 0.5) is 13.2 Å². The van der Waals surface area contributed by atoms with E-state index in [1.54, 1.807) is 7.05 Å². The summed E-state index contributed by atoms with van der Waals surface area (Å²) >= 11 is 1.97. The van der Waals surface area contributed by atoms with E-state index in [2.05, 4.69) is 15.6 Å². The van der Waals surface area contributed by atoms with Crippen molar-refractivity contribution < 1.29 is 13.2 Å². The number of hydrogen-bond donors (Lipinski definition) is 2. The van der Waals surface area contributed by atoms with Gasteiger partial charge < -0.3 is 10.6 Å². The second-order valence-corrected chi connectivity index (χ2v) is 6.98. The van der Waals surface area contributed by atoms with Gasteiger partial charge in [0.05, 0.1) is 6.54 Å². The highest BCUT2D eigenvalue weighted by Gasteiger charge is 2.34. The SMILES string of the molecule is CN=C(NCC1CCCS1)NC1CCN(CC(F)(F)F)C1. The first-order valence-electron chi connectivity index (χ1n) is 7.34. The van der Waals surface area contributed by atoms with Crippen molar-refractivity contribution in [2.45, 2.75) is 36.7 Å². The lowest BCUT2D eigenvalue weighted by atomic mass is 10.2. The minimum atomic E-state index is -4.12. The number of hydrogen-bond acceptors (Lipinski definition) is 3. The third kappa shape index (κ3) is 5.94. The number of halogens is 3. The molecule has 2 unspecified atom stereocenters. The summed E-state index contributed by atoms with van der Waals surface area (Å²) < 4.78 is 37.1. The van der Waals surface area contributed by atoms with E-state index in [9.17, 15) is 13.2 Å². The quantitative estimate of drug-likeness (QED) is 0.610. The van der Waals surface area contributed by atoms with Crippen LogP contribution in [0, 0.1) is 0 Å². The molecular weight excluding hydrogens is 301 g/mol. The average Bonchev–Trinajstić information content (AvgIpc) is 3.04. The van der Waals surface area contributed by atoms with E-state index in [0.717, 1.165) is 13.0 Å². The van der Waals surface area contributed by atoms with Gasteiger partial charge in [-0.1, -0.05) is 0 Å². The standard InChI is InChI=1S/C13H23F3N4S/c1-17-12(18-7-11-3-2-6-21-11)19-10-4-5-20(8-10)9-13(14,15)16/h10-11H,2-9H2,1H3,(H2,17,18,19). The largest absolute Gasteiger partial charge is 0.401 e. The van der Waals surface area contributed by atoms with Gasteiger partial charge in [-0.15, -0.1) is 0 Å². The van der Waals surface area contributed by atoms with Gasteiger partial charge in [0.1, 0.15) is 0 Å². The first-order chi connectivity index (χ1) is 9.96. The van der Waals surface area contributed by atoms with Gasteiger partial charge in [-0.05, 0) is 25.0 Å². The summed E-state index contributed by atoms with van der Waals surface area (Å²) in [6.07, 6.45) is -0.918. The van der Waals surface area contributed by atoms with Gasteiger partial charge in [0.15, 0.2) is 5.96 Å². The molecule has 0 aliphatic carbocycles. The van der Waals surface area contributed by atoms with Crippen LogP contribution >= 0.6 is 11.8 Å². The van der Waals surface area contributed by atoms with E-state index in [0.29, 0.717) is 24.3 Å². The molecule has 0 spiro atoms. The second-order valence-electron chi connectivity index (χ2n) is 5.57. The van der Waals surface area contributed by atoms with Crippen LogP contribution in [-0.4, -0.2) is 67.3 Å². The molecule has 21 heavy (non-hydrogen) atoms. The molecule has 2 aliphatic rings. The van der Waals surface area contributed by atoms with Crippen LogP contribution in [0.5, 0.6) is 0 Å². The molecule has 122 valence electrons. The molecule has 2 saturated heterocycles. The Balaban J connectivity index is 1.70. The van der Waals surface area contributed by atoms with Crippen LogP contribution in [0.1, 0.15) is 19.3 Å². The number of rotatable bonds is 4. The lowest BCUT2D eigenvalue weighted by molar-refractivity contribution is -0.143. The Kier molecular flexibility index (Phi) is 6.04. The minimum absolute atomic E-state index is 0.0368. The van der Waals surface area contributed by atoms with E-state index >= 15 is 0 Å². The fraction of sp³-hybridized carbons (Fsp3) is 0.923. The number of guanidine groups is 1. The van der Waals surface area contributed by atoms with Crippen LogP contribution in [0.15, 0.2) is 4.99 Å². The fourth-order valence-electron chi connectivity index (χ4n) is 2.75. The van der Waals surface area contributed by atoms with E-state index in [1.807, 2.05) is 11.8 Å². The molecular formula is C13H23F3N4S. The van der Waals surface area contributed by atoms with Crippen LogP contribution in [0.3, 0.4) is 0 Å². The molecule has 2 heterocycles. The predicted molar refractivity (Wildman–Crippen MR) is 80.9 cm³/mol. The summed E-state index contributed by atoms with van der Waals surface area (Å²) in [6.45, 7) is 0.935. The summed E-state index contributed by atoms with van der Waals surface area (Å²) in [7, 11) is 1.69. The molecule has 2 rings (SSSR count). The molecule has 0 amide bonds. The molecule has 2 aliphatic heterocycles. The third-order valence-corrected chi connectivity index (χ3v) is 5.16. The maximum absolute atomic E-state index is 12.4. The summed E-state index contributed by atoms with van der Waals surface area (Å²) in [5, 5.41) is 7.12. The second kappa shape index (κ2) is 7.58. The highest BCUT2D eigenvalue weighted by Crippen LogP contribution is 2.25. The average molecular weight is 324 g/mol. The Hall–Kier alpha value is -0.630. The highest BCUT2D eigenvalue weighted by molar-refractivity contribution is 8.00. The molecule has 2 fully saturated rings. The molecule has 0 radical (unpaired) electrons. The van der Waals surface area contributed by atoms with Gasteiger partial charge in [0, 0.05) is 38.0 Å². The summed E-state index contributed by atoms with van der Waals surface area (Å²) in [5.74, 6) is 1.91. The van der Waals surface area contributed by atoms with Crippen molar-refractivity contribution in [3.63, 3.8) is 0 Å². The highest BCUT2D eigenvalue weighted by atomic mass is 32.2. The van der Waals surface area contributed by atoms with Crippen molar-refractivity contribution in [1.29, 1.82) is 0 Å². The topological polar surface area (TPSA) is 39.7 Å². The molecule has 0 aromatic carbocycles. The van der Waals surface area contributed by atoms with Crippen molar-refractivity contribution in [2.75, 3.05) is 39.0 Å². The number of nitrogens with one attached hydrogen (secondary N) is 2. The van der Waals surface area contributed by atoms with Crippen LogP contribution in [-0.2, 0) is 0 Å². The number of aliphatic imine (C=N–C) groups is 1. The predicted octanol–water partition coefficient (Wildman–Crippen LogP) is 1.68. The molecule has 2 N–H and O–H groups in total. The number of alkyl halides is 3. The number of likely N-dealkylation sites (tertiary alicyclic amines) is 1. The smallest absolute Gasteiger partial charge is 0.355 e. The molecule has 8 heteroatoms. The van der Waals surface area contributed by atoms with Crippen molar-refractivity contribution in [2.24, 2.45) is 4.99 Å². The molecule has 4 nitrogen and oxygen atoms in total. The zero-order valence-electron chi connectivity index (χ0n) is 12.2. The maximum Gasteiger partial charge on any atom is 0.401 e. The Morgan fingerprint density at radius 1 is 1.38 bits per heavy atom. The molecule has 2 atom stereocenters. The van der Waals surface area contributed by atoms with Gasteiger partial charge in [-0.2, -0.15) is 24.9 Å². The van der Waals surface area contributed by atoms with Crippen LogP contribution < -0.4 is 10.6 Å². The van der Waals surface area contributed by atoms with E-state index in [4.69, 9.17) is 0 Å². The Labute approximate surface area is 127 Å². The minimum Gasteiger partial charge on any atom is -0.355 e. The zero-order chi connectivity index (χ0) is 15.3. The lowest BCUT2D eigenvalue weighted by Gasteiger charge is -2.20. The third-order valence-electron chi connectivity index (χ3n) is 3.76. The Bertz CT molecular complexity index is 356. The Morgan fingerprint density at radius 2 is 2.19 bits per heavy atom. The van der Waals surface area contributed by atoms with Crippen molar-refractivity contribution in [3.8, 4) is 0 Å². The normalized spacial score (nSPS) is 28.1. The van der Waals surface area contributed by atoms with E-state index in [-0.39, 0.29) is 6.04 Å². The monoisotopic (exact) mass is 324 g/mol. The Morgan fingerprint density at radius 3 is 2.81 bits per heavy atom. The molecule has 0 bridgehead atoms. The first kappa shape index (κ1) is 16.7. The van der Waals surface area contributed by atoms with Gasteiger partial charge in [0.25, 0.3) is 0 Å². The van der Waals surface area contributed by atoms with Crippen molar-refractivity contribution in [1.82, 2.24) is 15.5 Å². The number of thioether (sulfide) groups is 1. The first-order valence-corrected chi connectivity index (χ1v) is 8.39. The van der Waals surface area contributed by atoms with E-state index < -0.39 is 12.7 Å². The summed E-state index contributed by atoms with van der Waals surface area (Å²) in [6, 6.07) is 0.0368. The van der Waals surface area contributed by atoms with Gasteiger partial charge in [0.2, 0.25) is 0 Å². The molecule has 0 saturated carbocycles. The van der Waals surface area contributed by atoms with Crippen LogP contribution in [0.25, 0.3) is 0 Å². The molecule has 0 aromatic rings. The summed E-state index contributed by atoms with van der Waals surface area (Å²) in [4.78, 5) is 5.60. The van der Waals surface area contributed by atoms with Crippen molar-refractivity contribution >= 4 is 17.7 Å². The summed E-state index contributed by atoms with van der Waals surface area (Å²) in [5.41, 5.74) is 0. The van der Waals surface area contributed by atoms with Gasteiger partial charge in [-0.25, -0.2) is 0 Å². The van der Waals surface area contributed by atoms with E-state index in [1.165, 1.54) is 23.5 Å². The lowest BCUT2D eigenvalue weighted by Crippen LogP contribution is -2.46. The number of nitrogens with zero attached hydrogens (tertiary/aromatic N) is 2. The maximum atomic E-state index is 12.4. The zero-order valence-corrected chi connectivity index (χ0v) is 13.1. The van der Waals surface area contributed by atoms with Crippen molar-refractivity contribution in [3.05, 3.63) is 0 Å². The van der Waals surface area contributed by atoms with Gasteiger partial charge in [-0.3, -0.25) is 9.89 Å². The molecule has 0 aromatic heterocycles. The van der Waals surface area contributed by atoms with Gasteiger partial charge >= 0.3 is 6.18 Å². The van der Waals surface area contributed by atoms with Crippen LogP contribution in [0.2, 0.25) is 0 Å². The fourth-order valence-corrected chi connectivity index (χ4v) is 3.95.